The van der Waals surface area contributed by atoms with Crippen molar-refractivity contribution in [2.45, 2.75) is 18.9 Å². The van der Waals surface area contributed by atoms with Crippen molar-refractivity contribution in [1.29, 1.82) is 0 Å². The maximum absolute atomic E-state index is 10.6. The van der Waals surface area contributed by atoms with Gasteiger partial charge < -0.3 is 9.84 Å². The largest absolute Gasteiger partial charge is 0.456 e. The average molecular weight is 328 g/mol. The number of rotatable bonds is 3. The molecule has 2 heteroatoms. The van der Waals surface area contributed by atoms with Crippen molar-refractivity contribution in [3.05, 3.63) is 107 Å². The van der Waals surface area contributed by atoms with Gasteiger partial charge in [-0.05, 0) is 18.6 Å². The molecule has 1 aliphatic heterocycles. The molecule has 0 bridgehead atoms. The molecule has 1 aliphatic rings. The van der Waals surface area contributed by atoms with E-state index in [1.165, 1.54) is 0 Å². The Hall–Kier alpha value is -2.84. The lowest BCUT2D eigenvalue weighted by Crippen LogP contribution is -2.23. The van der Waals surface area contributed by atoms with E-state index in [1.807, 2.05) is 73.7 Å². The van der Waals surface area contributed by atoms with Crippen LogP contribution < -0.4 is 4.74 Å². The van der Waals surface area contributed by atoms with Gasteiger partial charge in [-0.1, -0.05) is 78.9 Å². The quantitative estimate of drug-likeness (QED) is 0.733. The van der Waals surface area contributed by atoms with Crippen LogP contribution in [0.25, 0.3) is 5.76 Å². The molecule has 0 fully saturated rings. The number of fused-ring (bicyclic) bond motifs is 1. The number of hydrogen-bond donors (Lipinski definition) is 1. The molecule has 124 valence electrons. The van der Waals surface area contributed by atoms with E-state index >= 15 is 0 Å². The lowest BCUT2D eigenvalue weighted by molar-refractivity contribution is 0.221. The minimum Gasteiger partial charge on any atom is -0.456 e. The molecule has 0 saturated carbocycles. The summed E-state index contributed by atoms with van der Waals surface area (Å²) in [6.07, 6.45) is -0.617. The molecule has 2 unspecified atom stereocenters. The molecule has 2 atom stereocenters. The molecule has 2 nitrogen and oxygen atoms in total. The first kappa shape index (κ1) is 15.7. The fraction of sp³-hybridized carbons (Fsp3) is 0.130. The minimum absolute atomic E-state index is 0.0265. The van der Waals surface area contributed by atoms with E-state index in [1.54, 1.807) is 0 Å². The van der Waals surface area contributed by atoms with Crippen LogP contribution >= 0.6 is 0 Å². The third-order valence-corrected chi connectivity index (χ3v) is 4.63. The fourth-order valence-corrected chi connectivity index (χ4v) is 3.53. The van der Waals surface area contributed by atoms with Crippen LogP contribution in [0.5, 0.6) is 5.75 Å². The van der Waals surface area contributed by atoms with Crippen molar-refractivity contribution in [2.24, 2.45) is 0 Å². The monoisotopic (exact) mass is 328 g/mol. The SMILES string of the molecule is CC(O)C1=C(c2ccccc2)Oc2ccccc2C1c1ccccc1. The number of aliphatic hydroxyl groups excluding tert-OH is 1. The Labute approximate surface area is 148 Å². The van der Waals surface area contributed by atoms with Gasteiger partial charge >= 0.3 is 0 Å². The third-order valence-electron chi connectivity index (χ3n) is 4.63. The highest BCUT2D eigenvalue weighted by atomic mass is 16.5. The second kappa shape index (κ2) is 6.58. The second-order valence-corrected chi connectivity index (χ2v) is 6.31. The lowest BCUT2D eigenvalue weighted by atomic mass is 9.79. The standard InChI is InChI=1S/C23H20O2/c1-16(24)21-22(17-10-4-2-5-11-17)19-14-8-9-15-20(19)25-23(21)18-12-6-3-7-13-18/h2-16,22,24H,1H3. The maximum atomic E-state index is 10.6. The Kier molecular flexibility index (Phi) is 4.12. The van der Waals surface area contributed by atoms with E-state index in [0.29, 0.717) is 0 Å². The highest BCUT2D eigenvalue weighted by Crippen LogP contribution is 2.46. The number of ether oxygens (including phenoxy) is 1. The van der Waals surface area contributed by atoms with Gasteiger partial charge in [0.15, 0.2) is 0 Å². The summed E-state index contributed by atoms with van der Waals surface area (Å²) in [5.41, 5.74) is 4.12. The molecular formula is C23H20O2. The zero-order valence-corrected chi connectivity index (χ0v) is 14.1. The third kappa shape index (κ3) is 2.86. The van der Waals surface area contributed by atoms with E-state index in [2.05, 4.69) is 18.2 Å². The Morgan fingerprint density at radius 1 is 0.800 bits per heavy atom. The minimum atomic E-state index is -0.617. The number of aliphatic hydroxyl groups is 1. The van der Waals surface area contributed by atoms with E-state index in [4.69, 9.17) is 4.74 Å². The normalized spacial score (nSPS) is 17.6. The van der Waals surface area contributed by atoms with E-state index in [0.717, 1.165) is 33.8 Å². The summed E-state index contributed by atoms with van der Waals surface area (Å²) >= 11 is 0. The maximum Gasteiger partial charge on any atom is 0.137 e. The van der Waals surface area contributed by atoms with Gasteiger partial charge in [0.25, 0.3) is 0 Å². The van der Waals surface area contributed by atoms with Crippen molar-refractivity contribution < 1.29 is 9.84 Å². The van der Waals surface area contributed by atoms with Crippen LogP contribution in [0.1, 0.15) is 29.5 Å². The Bertz CT molecular complexity index is 896. The molecule has 0 spiro atoms. The molecule has 4 rings (SSSR count). The Balaban J connectivity index is 1.99. The summed E-state index contributed by atoms with van der Waals surface area (Å²) in [6, 6.07) is 28.4. The first-order valence-corrected chi connectivity index (χ1v) is 8.55. The predicted molar refractivity (Wildman–Crippen MR) is 100 cm³/mol. The van der Waals surface area contributed by atoms with Crippen LogP contribution in [0.3, 0.4) is 0 Å². The number of hydrogen-bond acceptors (Lipinski definition) is 2. The van der Waals surface area contributed by atoms with Crippen molar-refractivity contribution in [3.63, 3.8) is 0 Å². The van der Waals surface area contributed by atoms with Crippen LogP contribution in [0.15, 0.2) is 90.5 Å². The van der Waals surface area contributed by atoms with E-state index in [-0.39, 0.29) is 5.92 Å². The summed E-state index contributed by atoms with van der Waals surface area (Å²) in [6.45, 7) is 1.81. The first-order valence-electron chi connectivity index (χ1n) is 8.55. The van der Waals surface area contributed by atoms with Crippen LogP contribution in [-0.4, -0.2) is 11.2 Å². The van der Waals surface area contributed by atoms with Crippen LogP contribution in [0.4, 0.5) is 0 Å². The van der Waals surface area contributed by atoms with Gasteiger partial charge in [-0.15, -0.1) is 0 Å². The summed E-state index contributed by atoms with van der Waals surface area (Å²) in [7, 11) is 0. The Morgan fingerprint density at radius 3 is 2.08 bits per heavy atom. The summed E-state index contributed by atoms with van der Waals surface area (Å²) < 4.78 is 6.26. The molecule has 0 radical (unpaired) electrons. The molecule has 1 N–H and O–H groups in total. The topological polar surface area (TPSA) is 29.5 Å². The van der Waals surface area contributed by atoms with Gasteiger partial charge in [-0.3, -0.25) is 0 Å². The first-order chi connectivity index (χ1) is 12.3. The second-order valence-electron chi connectivity index (χ2n) is 6.31. The zero-order valence-electron chi connectivity index (χ0n) is 14.1. The lowest BCUT2D eigenvalue weighted by Gasteiger charge is -2.32. The molecule has 0 amide bonds. The molecule has 3 aromatic carbocycles. The van der Waals surface area contributed by atoms with Crippen LogP contribution in [-0.2, 0) is 0 Å². The van der Waals surface area contributed by atoms with Gasteiger partial charge in [0.1, 0.15) is 11.5 Å². The summed E-state index contributed by atoms with van der Waals surface area (Å²) in [5.74, 6) is 1.57. The summed E-state index contributed by atoms with van der Waals surface area (Å²) in [4.78, 5) is 0. The highest BCUT2D eigenvalue weighted by molar-refractivity contribution is 5.73. The van der Waals surface area contributed by atoms with Gasteiger partial charge in [0.2, 0.25) is 0 Å². The molecule has 0 saturated heterocycles. The molecule has 1 heterocycles. The number of para-hydroxylation sites is 1. The van der Waals surface area contributed by atoms with Crippen molar-refractivity contribution in [3.8, 4) is 5.75 Å². The highest BCUT2D eigenvalue weighted by Gasteiger charge is 2.33. The number of benzene rings is 3. The van der Waals surface area contributed by atoms with Crippen LogP contribution in [0, 0.1) is 0 Å². The molecule has 0 aromatic heterocycles. The van der Waals surface area contributed by atoms with E-state index < -0.39 is 6.10 Å². The van der Waals surface area contributed by atoms with Gasteiger partial charge in [0.05, 0.1) is 6.10 Å². The Morgan fingerprint density at radius 2 is 1.40 bits per heavy atom. The molecule has 25 heavy (non-hydrogen) atoms. The predicted octanol–water partition coefficient (Wildman–Crippen LogP) is 5.00. The average Bonchev–Trinajstić information content (AvgIpc) is 2.67. The van der Waals surface area contributed by atoms with Gasteiger partial charge in [-0.25, -0.2) is 0 Å². The van der Waals surface area contributed by atoms with Gasteiger partial charge in [0, 0.05) is 22.6 Å². The fourth-order valence-electron chi connectivity index (χ4n) is 3.53. The van der Waals surface area contributed by atoms with Crippen molar-refractivity contribution in [2.75, 3.05) is 0 Å². The van der Waals surface area contributed by atoms with Gasteiger partial charge in [-0.2, -0.15) is 0 Å². The zero-order chi connectivity index (χ0) is 17.2. The smallest absolute Gasteiger partial charge is 0.137 e. The molecule has 0 aliphatic carbocycles. The van der Waals surface area contributed by atoms with Crippen LogP contribution in [0.2, 0.25) is 0 Å². The summed E-state index contributed by atoms with van der Waals surface area (Å²) in [5, 5.41) is 10.6. The van der Waals surface area contributed by atoms with Crippen molar-refractivity contribution in [1.82, 2.24) is 0 Å². The van der Waals surface area contributed by atoms with E-state index in [9.17, 15) is 5.11 Å². The van der Waals surface area contributed by atoms with Crippen molar-refractivity contribution >= 4 is 5.76 Å². The molecule has 3 aromatic rings. The molecular weight excluding hydrogens is 308 g/mol.